The third-order valence-corrected chi connectivity index (χ3v) is 3.35. The Hall–Kier alpha value is -2.82. The molecule has 24 heavy (non-hydrogen) atoms. The summed E-state index contributed by atoms with van der Waals surface area (Å²) < 4.78 is 5.59. The van der Waals surface area contributed by atoms with Crippen LogP contribution in [0, 0.1) is 0 Å². The fourth-order valence-electron chi connectivity index (χ4n) is 2.08. The van der Waals surface area contributed by atoms with Crippen LogP contribution < -0.4 is 15.4 Å². The van der Waals surface area contributed by atoms with Crippen molar-refractivity contribution in [2.24, 2.45) is 0 Å². The monoisotopic (exact) mass is 326 g/mol. The van der Waals surface area contributed by atoms with Gasteiger partial charge in [-0.3, -0.25) is 9.59 Å². The van der Waals surface area contributed by atoms with Crippen LogP contribution in [0.5, 0.6) is 5.75 Å². The summed E-state index contributed by atoms with van der Waals surface area (Å²) in [7, 11) is 0. The normalized spacial score (nSPS) is 10.1. The van der Waals surface area contributed by atoms with Gasteiger partial charge >= 0.3 is 0 Å². The first-order valence-electron chi connectivity index (χ1n) is 8.00. The van der Waals surface area contributed by atoms with Gasteiger partial charge in [-0.05, 0) is 55.0 Å². The smallest absolute Gasteiger partial charge is 0.255 e. The highest BCUT2D eigenvalue weighted by atomic mass is 16.5. The number of benzene rings is 2. The van der Waals surface area contributed by atoms with Gasteiger partial charge in [0, 0.05) is 23.9 Å². The summed E-state index contributed by atoms with van der Waals surface area (Å²) >= 11 is 0. The van der Waals surface area contributed by atoms with Crippen LogP contribution in [0.15, 0.2) is 48.5 Å². The van der Waals surface area contributed by atoms with Crippen molar-refractivity contribution in [3.63, 3.8) is 0 Å². The molecule has 0 bridgehead atoms. The molecule has 2 rings (SSSR count). The lowest BCUT2D eigenvalue weighted by Gasteiger charge is -2.08. The predicted octanol–water partition coefficient (Wildman–Crippen LogP) is 4.08. The maximum atomic E-state index is 12.2. The number of nitrogens with one attached hydrogen (secondary N) is 2. The number of carbonyl (C=O) groups is 2. The fourth-order valence-corrected chi connectivity index (χ4v) is 2.08. The van der Waals surface area contributed by atoms with E-state index in [2.05, 4.69) is 17.6 Å². The Morgan fingerprint density at radius 2 is 1.50 bits per heavy atom. The molecule has 5 heteroatoms. The summed E-state index contributed by atoms with van der Waals surface area (Å²) in [5.41, 5.74) is 1.88. The largest absolute Gasteiger partial charge is 0.494 e. The van der Waals surface area contributed by atoms with Crippen LogP contribution >= 0.6 is 0 Å². The van der Waals surface area contributed by atoms with Crippen molar-refractivity contribution in [3.8, 4) is 5.75 Å². The van der Waals surface area contributed by atoms with Gasteiger partial charge < -0.3 is 15.4 Å². The third kappa shape index (κ3) is 5.43. The number of unbranched alkanes of at least 4 members (excludes halogenated alkanes) is 1. The standard InChI is InChI=1S/C19H22N2O3/c1-3-4-13-24-18-11-9-17(10-12-18)21-19(23)15-5-7-16(8-6-15)20-14(2)22/h5-12H,3-4,13H2,1-2H3,(H,20,22)(H,21,23). The molecule has 126 valence electrons. The van der Waals surface area contributed by atoms with Gasteiger partial charge in [-0.2, -0.15) is 0 Å². The van der Waals surface area contributed by atoms with Gasteiger partial charge in [-0.25, -0.2) is 0 Å². The number of hydrogen-bond acceptors (Lipinski definition) is 3. The molecule has 0 aliphatic carbocycles. The third-order valence-electron chi connectivity index (χ3n) is 3.35. The van der Waals surface area contributed by atoms with E-state index in [0.29, 0.717) is 23.5 Å². The molecule has 2 N–H and O–H groups in total. The van der Waals surface area contributed by atoms with E-state index in [1.165, 1.54) is 6.92 Å². The average Bonchev–Trinajstić information content (AvgIpc) is 2.57. The zero-order chi connectivity index (χ0) is 17.4. The number of amides is 2. The van der Waals surface area contributed by atoms with E-state index in [-0.39, 0.29) is 11.8 Å². The van der Waals surface area contributed by atoms with E-state index in [0.717, 1.165) is 18.6 Å². The SMILES string of the molecule is CCCCOc1ccc(NC(=O)c2ccc(NC(C)=O)cc2)cc1. The molecule has 0 spiro atoms. The van der Waals surface area contributed by atoms with Crippen LogP contribution in [-0.2, 0) is 4.79 Å². The topological polar surface area (TPSA) is 67.4 Å². The molecule has 0 fully saturated rings. The quantitative estimate of drug-likeness (QED) is 0.754. The van der Waals surface area contributed by atoms with Gasteiger partial charge in [0.25, 0.3) is 5.91 Å². The lowest BCUT2D eigenvalue weighted by atomic mass is 10.2. The molecule has 2 amide bonds. The molecule has 2 aromatic rings. The number of ether oxygens (including phenoxy) is 1. The molecular formula is C19H22N2O3. The van der Waals surface area contributed by atoms with Crippen LogP contribution in [-0.4, -0.2) is 18.4 Å². The zero-order valence-electron chi connectivity index (χ0n) is 14.0. The highest BCUT2D eigenvalue weighted by Crippen LogP contribution is 2.17. The Labute approximate surface area is 142 Å². The molecule has 0 unspecified atom stereocenters. The second-order valence-electron chi connectivity index (χ2n) is 5.44. The van der Waals surface area contributed by atoms with E-state index in [1.54, 1.807) is 24.3 Å². The van der Waals surface area contributed by atoms with Crippen molar-refractivity contribution in [2.75, 3.05) is 17.2 Å². The summed E-state index contributed by atoms with van der Waals surface area (Å²) in [6.45, 7) is 4.25. The van der Waals surface area contributed by atoms with E-state index in [1.807, 2.05) is 24.3 Å². The lowest BCUT2D eigenvalue weighted by molar-refractivity contribution is -0.114. The second kappa shape index (κ2) is 8.72. The van der Waals surface area contributed by atoms with Crippen LogP contribution in [0.4, 0.5) is 11.4 Å². The van der Waals surface area contributed by atoms with Gasteiger partial charge in [0.1, 0.15) is 5.75 Å². The van der Waals surface area contributed by atoms with Gasteiger partial charge in [-0.15, -0.1) is 0 Å². The molecule has 0 saturated carbocycles. The molecule has 0 aliphatic rings. The average molecular weight is 326 g/mol. The summed E-state index contributed by atoms with van der Waals surface area (Å²) in [4.78, 5) is 23.2. The second-order valence-corrected chi connectivity index (χ2v) is 5.44. The molecule has 0 saturated heterocycles. The minimum Gasteiger partial charge on any atom is -0.494 e. The van der Waals surface area contributed by atoms with E-state index in [9.17, 15) is 9.59 Å². The van der Waals surface area contributed by atoms with Crippen molar-refractivity contribution in [2.45, 2.75) is 26.7 Å². The highest BCUT2D eigenvalue weighted by Gasteiger charge is 2.06. The Balaban J connectivity index is 1.92. The highest BCUT2D eigenvalue weighted by molar-refractivity contribution is 6.04. The van der Waals surface area contributed by atoms with Crippen LogP contribution in [0.1, 0.15) is 37.0 Å². The van der Waals surface area contributed by atoms with Gasteiger partial charge in [0.15, 0.2) is 0 Å². The van der Waals surface area contributed by atoms with Crippen LogP contribution in [0.25, 0.3) is 0 Å². The fraction of sp³-hybridized carbons (Fsp3) is 0.263. The first-order valence-corrected chi connectivity index (χ1v) is 8.00. The van der Waals surface area contributed by atoms with Gasteiger partial charge in [-0.1, -0.05) is 13.3 Å². The Bertz CT molecular complexity index is 679. The summed E-state index contributed by atoms with van der Waals surface area (Å²) in [6.07, 6.45) is 2.11. The Morgan fingerprint density at radius 1 is 0.917 bits per heavy atom. The van der Waals surface area contributed by atoms with Crippen molar-refractivity contribution >= 4 is 23.2 Å². The van der Waals surface area contributed by atoms with Crippen molar-refractivity contribution in [3.05, 3.63) is 54.1 Å². The number of carbonyl (C=O) groups excluding carboxylic acids is 2. The maximum absolute atomic E-state index is 12.2. The van der Waals surface area contributed by atoms with Crippen molar-refractivity contribution in [1.29, 1.82) is 0 Å². The minimum atomic E-state index is -0.205. The summed E-state index contributed by atoms with van der Waals surface area (Å²) in [5.74, 6) is 0.443. The molecule has 0 aliphatic heterocycles. The summed E-state index contributed by atoms with van der Waals surface area (Å²) in [5, 5.41) is 5.49. The molecule has 0 aromatic heterocycles. The number of anilines is 2. The number of hydrogen-bond donors (Lipinski definition) is 2. The first kappa shape index (κ1) is 17.5. The Morgan fingerprint density at radius 3 is 2.08 bits per heavy atom. The number of rotatable bonds is 7. The van der Waals surface area contributed by atoms with E-state index >= 15 is 0 Å². The van der Waals surface area contributed by atoms with Gasteiger partial charge in [0.2, 0.25) is 5.91 Å². The maximum Gasteiger partial charge on any atom is 0.255 e. The molecule has 2 aromatic carbocycles. The minimum absolute atomic E-state index is 0.145. The predicted molar refractivity (Wildman–Crippen MR) is 95.5 cm³/mol. The van der Waals surface area contributed by atoms with E-state index < -0.39 is 0 Å². The molecule has 0 atom stereocenters. The van der Waals surface area contributed by atoms with Gasteiger partial charge in [0.05, 0.1) is 6.61 Å². The molecule has 0 heterocycles. The van der Waals surface area contributed by atoms with Crippen molar-refractivity contribution < 1.29 is 14.3 Å². The molecular weight excluding hydrogens is 304 g/mol. The lowest BCUT2D eigenvalue weighted by Crippen LogP contribution is -2.12. The Kier molecular flexibility index (Phi) is 6.37. The molecule has 5 nitrogen and oxygen atoms in total. The van der Waals surface area contributed by atoms with Crippen LogP contribution in [0.3, 0.4) is 0 Å². The zero-order valence-corrected chi connectivity index (χ0v) is 14.0. The summed E-state index contributed by atoms with van der Waals surface area (Å²) in [6, 6.07) is 14.0. The van der Waals surface area contributed by atoms with Crippen LogP contribution in [0.2, 0.25) is 0 Å². The molecule has 0 radical (unpaired) electrons. The van der Waals surface area contributed by atoms with Crippen molar-refractivity contribution in [1.82, 2.24) is 0 Å². The van der Waals surface area contributed by atoms with E-state index in [4.69, 9.17) is 4.74 Å². The first-order chi connectivity index (χ1) is 11.6.